The van der Waals surface area contributed by atoms with E-state index in [-0.39, 0.29) is 13.2 Å². The molecule has 0 radical (unpaired) electrons. The van der Waals surface area contributed by atoms with Gasteiger partial charge in [-0.15, -0.1) is 0 Å². The van der Waals surface area contributed by atoms with Crippen LogP contribution in [0.15, 0.2) is 24.3 Å². The minimum absolute atomic E-state index is 0.257. The van der Waals surface area contributed by atoms with Gasteiger partial charge in [-0.05, 0) is 6.92 Å². The lowest BCUT2D eigenvalue weighted by Crippen LogP contribution is -2.50. The zero-order valence-corrected chi connectivity index (χ0v) is 16.2. The number of rotatable bonds is 9. The average molecular weight is 399 g/mol. The Morgan fingerprint density at radius 3 is 1.93 bits per heavy atom. The number of carbonyl (C=O) groups is 4. The second kappa shape index (κ2) is 11.9. The first-order chi connectivity index (χ1) is 13.3. The number of hydrogen-bond acceptors (Lipinski definition) is 10. The van der Waals surface area contributed by atoms with Crippen molar-refractivity contribution in [3.05, 3.63) is 24.3 Å². The van der Waals surface area contributed by atoms with E-state index < -0.39 is 29.5 Å². The largest absolute Gasteiger partial charge is 0.466 e. The molecule has 1 fully saturated rings. The SMILES string of the molecule is COC(=O)/C=C/C(=O)OC[C@@](C)(CN1CCOCC1)OC(=O)/C=C/C(=O)OC. The fourth-order valence-electron chi connectivity index (χ4n) is 2.30. The molecule has 0 aliphatic carbocycles. The summed E-state index contributed by atoms with van der Waals surface area (Å²) in [5.74, 6) is -2.99. The quantitative estimate of drug-likeness (QED) is 0.288. The first-order valence-corrected chi connectivity index (χ1v) is 8.50. The summed E-state index contributed by atoms with van der Waals surface area (Å²) in [6.07, 6.45) is 3.71. The molecule has 0 spiro atoms. The maximum absolute atomic E-state index is 12.0. The standard InChI is InChI=1S/C18H25NO9/c1-18(12-19-8-10-26-11-9-19,28-17(23)7-5-15(21)25-3)13-27-16(22)6-4-14(20)24-2/h4-7H,8-13H2,1-3H3/b6-4+,7-5+/t18-/m1/s1. The highest BCUT2D eigenvalue weighted by molar-refractivity contribution is 5.92. The molecular formula is C18H25NO9. The van der Waals surface area contributed by atoms with Crippen LogP contribution in [0.3, 0.4) is 0 Å². The van der Waals surface area contributed by atoms with Crippen LogP contribution < -0.4 is 0 Å². The van der Waals surface area contributed by atoms with Gasteiger partial charge >= 0.3 is 23.9 Å². The number of methoxy groups -OCH3 is 2. The van der Waals surface area contributed by atoms with E-state index in [1.165, 1.54) is 14.2 Å². The molecule has 0 bridgehead atoms. The van der Waals surface area contributed by atoms with Crippen LogP contribution in [0.5, 0.6) is 0 Å². The smallest absolute Gasteiger partial charge is 0.331 e. The molecule has 0 aromatic rings. The second-order valence-corrected chi connectivity index (χ2v) is 6.08. The zero-order chi connectivity index (χ0) is 21.0. The molecule has 10 heteroatoms. The Morgan fingerprint density at radius 2 is 1.39 bits per heavy atom. The summed E-state index contributed by atoms with van der Waals surface area (Å²) < 4.78 is 24.6. The third kappa shape index (κ3) is 9.28. The molecule has 0 aromatic heterocycles. The van der Waals surface area contributed by atoms with Gasteiger partial charge in [0, 0.05) is 43.9 Å². The summed E-state index contributed by atoms with van der Waals surface area (Å²) in [7, 11) is 2.36. The van der Waals surface area contributed by atoms with Crippen molar-refractivity contribution in [3.63, 3.8) is 0 Å². The monoisotopic (exact) mass is 399 g/mol. The highest BCUT2D eigenvalue weighted by Gasteiger charge is 2.33. The molecule has 0 aromatic carbocycles. The molecule has 1 aliphatic rings. The summed E-state index contributed by atoms with van der Waals surface area (Å²) >= 11 is 0. The van der Waals surface area contributed by atoms with E-state index in [0.717, 1.165) is 24.3 Å². The third-order valence-electron chi connectivity index (χ3n) is 3.64. The molecule has 28 heavy (non-hydrogen) atoms. The van der Waals surface area contributed by atoms with Gasteiger partial charge in [0.2, 0.25) is 0 Å². The van der Waals surface area contributed by atoms with Gasteiger partial charge < -0.3 is 23.7 Å². The average Bonchev–Trinajstić information content (AvgIpc) is 2.69. The summed E-state index contributed by atoms with van der Waals surface area (Å²) in [6, 6.07) is 0. The van der Waals surface area contributed by atoms with Crippen molar-refractivity contribution < 1.29 is 42.9 Å². The maximum atomic E-state index is 12.0. The Kier molecular flexibility index (Phi) is 9.89. The molecule has 1 saturated heterocycles. The Hall–Kier alpha value is -2.72. The molecule has 0 amide bonds. The maximum Gasteiger partial charge on any atom is 0.331 e. The summed E-state index contributed by atoms with van der Waals surface area (Å²) in [5.41, 5.74) is -1.19. The molecule has 10 nitrogen and oxygen atoms in total. The molecule has 156 valence electrons. The Bertz CT molecular complexity index is 623. The molecule has 0 saturated carbocycles. The fraction of sp³-hybridized carbons (Fsp3) is 0.556. The number of carbonyl (C=O) groups excluding carboxylic acids is 4. The lowest BCUT2D eigenvalue weighted by Gasteiger charge is -2.36. The van der Waals surface area contributed by atoms with Crippen molar-refractivity contribution in [1.82, 2.24) is 4.90 Å². The summed E-state index contributed by atoms with van der Waals surface area (Å²) in [4.78, 5) is 48.0. The van der Waals surface area contributed by atoms with Gasteiger partial charge in [0.25, 0.3) is 0 Å². The van der Waals surface area contributed by atoms with Crippen LogP contribution in [0.4, 0.5) is 0 Å². The van der Waals surface area contributed by atoms with Crippen molar-refractivity contribution in [2.45, 2.75) is 12.5 Å². The molecule has 1 heterocycles. The fourth-order valence-corrected chi connectivity index (χ4v) is 2.30. The van der Waals surface area contributed by atoms with Crippen molar-refractivity contribution >= 4 is 23.9 Å². The highest BCUT2D eigenvalue weighted by atomic mass is 16.6. The third-order valence-corrected chi connectivity index (χ3v) is 3.64. The lowest BCUT2D eigenvalue weighted by atomic mass is 10.1. The minimum atomic E-state index is -1.19. The van der Waals surface area contributed by atoms with Crippen molar-refractivity contribution in [2.75, 3.05) is 53.7 Å². The van der Waals surface area contributed by atoms with Crippen LogP contribution in [0.25, 0.3) is 0 Å². The van der Waals surface area contributed by atoms with Gasteiger partial charge in [-0.2, -0.15) is 0 Å². The number of ether oxygens (including phenoxy) is 5. The molecule has 0 N–H and O–H groups in total. The number of nitrogens with zero attached hydrogens (tertiary/aromatic N) is 1. The van der Waals surface area contributed by atoms with E-state index in [9.17, 15) is 19.2 Å². The van der Waals surface area contributed by atoms with Gasteiger partial charge in [-0.1, -0.05) is 0 Å². The van der Waals surface area contributed by atoms with Crippen LogP contribution >= 0.6 is 0 Å². The number of esters is 4. The van der Waals surface area contributed by atoms with Crippen LogP contribution in [0.2, 0.25) is 0 Å². The Morgan fingerprint density at radius 1 is 0.893 bits per heavy atom. The number of morpholine rings is 1. The van der Waals surface area contributed by atoms with Gasteiger partial charge in [0.1, 0.15) is 6.61 Å². The summed E-state index contributed by atoms with van der Waals surface area (Å²) in [5, 5.41) is 0. The van der Waals surface area contributed by atoms with Crippen molar-refractivity contribution in [2.24, 2.45) is 0 Å². The zero-order valence-electron chi connectivity index (χ0n) is 16.2. The van der Waals surface area contributed by atoms with Gasteiger partial charge in [-0.3, -0.25) is 4.90 Å². The molecule has 0 unspecified atom stereocenters. The highest BCUT2D eigenvalue weighted by Crippen LogP contribution is 2.16. The summed E-state index contributed by atoms with van der Waals surface area (Å²) in [6.45, 7) is 3.95. The Labute approximate surface area is 163 Å². The van der Waals surface area contributed by atoms with Crippen LogP contribution in [0.1, 0.15) is 6.92 Å². The van der Waals surface area contributed by atoms with E-state index in [4.69, 9.17) is 14.2 Å². The van der Waals surface area contributed by atoms with E-state index in [1.54, 1.807) is 6.92 Å². The Balaban J connectivity index is 2.75. The normalized spacial score (nSPS) is 17.1. The predicted octanol–water partition coefficient (Wildman–Crippen LogP) is -0.378. The van der Waals surface area contributed by atoms with Gasteiger partial charge in [-0.25, -0.2) is 19.2 Å². The lowest BCUT2D eigenvalue weighted by molar-refractivity contribution is -0.167. The van der Waals surface area contributed by atoms with Crippen LogP contribution in [-0.2, 0) is 42.9 Å². The molecular weight excluding hydrogens is 374 g/mol. The van der Waals surface area contributed by atoms with E-state index in [2.05, 4.69) is 9.47 Å². The van der Waals surface area contributed by atoms with Gasteiger partial charge in [0.05, 0.1) is 27.4 Å². The van der Waals surface area contributed by atoms with Crippen LogP contribution in [0, 0.1) is 0 Å². The first kappa shape index (κ1) is 23.3. The van der Waals surface area contributed by atoms with Crippen molar-refractivity contribution in [1.29, 1.82) is 0 Å². The minimum Gasteiger partial charge on any atom is -0.466 e. The topological polar surface area (TPSA) is 118 Å². The predicted molar refractivity (Wildman–Crippen MR) is 95.0 cm³/mol. The number of hydrogen-bond donors (Lipinski definition) is 0. The molecule has 1 rings (SSSR count). The second-order valence-electron chi connectivity index (χ2n) is 6.08. The van der Waals surface area contributed by atoms with E-state index in [0.29, 0.717) is 26.3 Å². The van der Waals surface area contributed by atoms with E-state index in [1.807, 2.05) is 4.90 Å². The molecule has 1 atom stereocenters. The van der Waals surface area contributed by atoms with Crippen LogP contribution in [-0.4, -0.2) is 88.1 Å². The molecule has 1 aliphatic heterocycles. The van der Waals surface area contributed by atoms with E-state index >= 15 is 0 Å². The van der Waals surface area contributed by atoms with Gasteiger partial charge in [0.15, 0.2) is 5.60 Å². The first-order valence-electron chi connectivity index (χ1n) is 8.50. The van der Waals surface area contributed by atoms with Crippen molar-refractivity contribution in [3.8, 4) is 0 Å².